The number of halogens is 1. The van der Waals surface area contributed by atoms with Crippen LogP contribution in [0, 0.1) is 0 Å². The fraction of sp³-hybridized carbons (Fsp3) is 0.294. The molecule has 10 heteroatoms. The molecule has 0 radical (unpaired) electrons. The molecule has 2 aromatic heterocycles. The number of thioether (sulfide) groups is 1. The summed E-state index contributed by atoms with van der Waals surface area (Å²) in [7, 11) is -3.16. The van der Waals surface area contributed by atoms with E-state index >= 15 is 0 Å². The first kappa shape index (κ1) is 20.1. The van der Waals surface area contributed by atoms with Gasteiger partial charge >= 0.3 is 0 Å². The Morgan fingerprint density at radius 1 is 1.19 bits per heavy atom. The van der Waals surface area contributed by atoms with E-state index in [1.807, 2.05) is 47.0 Å². The Balaban J connectivity index is 1.75. The highest BCUT2D eigenvalue weighted by atomic mass is 79.9. The fourth-order valence-electron chi connectivity index (χ4n) is 2.41. The van der Waals surface area contributed by atoms with E-state index in [0.29, 0.717) is 35.8 Å². The van der Waals surface area contributed by atoms with Crippen LogP contribution in [0.5, 0.6) is 0 Å². The van der Waals surface area contributed by atoms with Crippen molar-refractivity contribution in [2.45, 2.75) is 18.1 Å². The average Bonchev–Trinajstić information content (AvgIpc) is 3.21. The molecule has 0 atom stereocenters. The van der Waals surface area contributed by atoms with E-state index in [2.05, 4.69) is 30.8 Å². The number of hydrogen-bond acceptors (Lipinski definition) is 6. The van der Waals surface area contributed by atoms with Crippen LogP contribution in [0.2, 0.25) is 0 Å². The van der Waals surface area contributed by atoms with E-state index in [0.717, 1.165) is 22.7 Å². The molecule has 0 aliphatic rings. The van der Waals surface area contributed by atoms with Gasteiger partial charge in [0.15, 0.2) is 15.6 Å². The number of rotatable bonds is 9. The molecule has 3 aromatic rings. The van der Waals surface area contributed by atoms with E-state index in [4.69, 9.17) is 4.42 Å². The summed E-state index contributed by atoms with van der Waals surface area (Å²) in [5.41, 5.74) is 1.13. The van der Waals surface area contributed by atoms with Gasteiger partial charge in [-0.1, -0.05) is 42.1 Å². The third-order valence-electron chi connectivity index (χ3n) is 3.61. The van der Waals surface area contributed by atoms with Gasteiger partial charge in [-0.2, -0.15) is 0 Å². The molecule has 0 aliphatic carbocycles. The molecule has 0 spiro atoms. The van der Waals surface area contributed by atoms with Crippen molar-refractivity contribution < 1.29 is 12.8 Å². The quantitative estimate of drug-likeness (QED) is 0.380. The second kappa shape index (κ2) is 9.05. The number of nitrogens with one attached hydrogen (secondary N) is 1. The van der Waals surface area contributed by atoms with Gasteiger partial charge in [-0.3, -0.25) is 4.57 Å². The maximum Gasteiger partial charge on any atom is 0.208 e. The predicted octanol–water partition coefficient (Wildman–Crippen LogP) is 3.38. The molecule has 0 fully saturated rings. The molecular weight excluding hydrogens is 452 g/mol. The molecule has 0 bridgehead atoms. The highest BCUT2D eigenvalue weighted by Crippen LogP contribution is 2.28. The largest absolute Gasteiger partial charge is 0.446 e. The lowest BCUT2D eigenvalue weighted by Crippen LogP contribution is -2.23. The third kappa shape index (κ3) is 5.93. The highest BCUT2D eigenvalue weighted by Gasteiger charge is 2.17. The minimum absolute atomic E-state index is 0.399. The second-order valence-corrected chi connectivity index (χ2v) is 9.53. The number of sulfonamides is 1. The van der Waals surface area contributed by atoms with Crippen molar-refractivity contribution in [3.63, 3.8) is 0 Å². The molecule has 0 amide bonds. The minimum atomic E-state index is -3.16. The molecule has 27 heavy (non-hydrogen) atoms. The summed E-state index contributed by atoms with van der Waals surface area (Å²) in [5.74, 6) is 2.01. The minimum Gasteiger partial charge on any atom is -0.446 e. The smallest absolute Gasteiger partial charge is 0.208 e. The van der Waals surface area contributed by atoms with Crippen molar-refractivity contribution in [3.05, 3.63) is 52.7 Å². The Bertz CT molecular complexity index is 987. The summed E-state index contributed by atoms with van der Waals surface area (Å²) in [6.07, 6.45) is 1.85. The highest BCUT2D eigenvalue weighted by molar-refractivity contribution is 9.10. The lowest BCUT2D eigenvalue weighted by atomic mass is 10.2. The zero-order valence-electron chi connectivity index (χ0n) is 14.6. The van der Waals surface area contributed by atoms with E-state index < -0.39 is 10.0 Å². The molecule has 2 heterocycles. The number of aromatic nitrogens is 3. The van der Waals surface area contributed by atoms with Crippen molar-refractivity contribution in [3.8, 4) is 11.6 Å². The Morgan fingerprint density at radius 3 is 2.63 bits per heavy atom. The Labute approximate surface area is 170 Å². The number of benzene rings is 1. The normalized spacial score (nSPS) is 11.8. The third-order valence-corrected chi connectivity index (χ3v) is 5.82. The lowest BCUT2D eigenvalue weighted by Gasteiger charge is -2.09. The number of nitrogens with zero attached hydrogens (tertiary/aromatic N) is 3. The summed E-state index contributed by atoms with van der Waals surface area (Å²) < 4.78 is 33.0. The molecular formula is C17H19BrN4O3S2. The van der Waals surface area contributed by atoms with Gasteiger partial charge in [0.2, 0.25) is 15.8 Å². The Morgan fingerprint density at radius 2 is 1.96 bits per heavy atom. The van der Waals surface area contributed by atoms with E-state index in [9.17, 15) is 8.42 Å². The van der Waals surface area contributed by atoms with Gasteiger partial charge in [0.05, 0.1) is 12.8 Å². The van der Waals surface area contributed by atoms with Gasteiger partial charge in [0.25, 0.3) is 0 Å². The van der Waals surface area contributed by atoms with Crippen molar-refractivity contribution >= 4 is 37.7 Å². The monoisotopic (exact) mass is 470 g/mol. The Kier molecular flexibility index (Phi) is 6.74. The summed E-state index contributed by atoms with van der Waals surface area (Å²) >= 11 is 4.86. The first-order valence-electron chi connectivity index (χ1n) is 8.22. The zero-order chi connectivity index (χ0) is 19.3. The first-order chi connectivity index (χ1) is 12.9. The topological polar surface area (TPSA) is 90.0 Å². The van der Waals surface area contributed by atoms with Crippen molar-refractivity contribution in [1.29, 1.82) is 0 Å². The standard InChI is InChI=1S/C17H19BrN4O3S2/c1-27(23,24)19-10-5-11-26-17-21-20-16(14-8-9-15(18)25-14)22(17)12-13-6-3-2-4-7-13/h2-4,6-9,19H,5,10-12H2,1H3. The molecule has 0 saturated carbocycles. The maximum absolute atomic E-state index is 11.1. The van der Waals surface area contributed by atoms with Gasteiger partial charge in [-0.25, -0.2) is 13.1 Å². The SMILES string of the molecule is CS(=O)(=O)NCCCSc1nnc(-c2ccc(Br)o2)n1Cc1ccccc1. The number of hydrogen-bond donors (Lipinski definition) is 1. The predicted molar refractivity (Wildman–Crippen MR) is 109 cm³/mol. The maximum atomic E-state index is 11.1. The van der Waals surface area contributed by atoms with E-state index in [-0.39, 0.29) is 0 Å². The zero-order valence-corrected chi connectivity index (χ0v) is 17.8. The van der Waals surface area contributed by atoms with Gasteiger partial charge in [-0.05, 0) is 40.0 Å². The molecule has 0 aliphatic heterocycles. The van der Waals surface area contributed by atoms with Gasteiger partial charge < -0.3 is 4.42 Å². The van der Waals surface area contributed by atoms with E-state index in [1.165, 1.54) is 0 Å². The molecule has 0 unspecified atom stereocenters. The summed E-state index contributed by atoms with van der Waals surface area (Å²) in [4.78, 5) is 0. The van der Waals surface area contributed by atoms with E-state index in [1.54, 1.807) is 11.8 Å². The van der Waals surface area contributed by atoms with Crippen molar-refractivity contribution in [2.75, 3.05) is 18.6 Å². The van der Waals surface area contributed by atoms with Crippen LogP contribution in [0.1, 0.15) is 12.0 Å². The summed E-state index contributed by atoms with van der Waals surface area (Å²) in [6, 6.07) is 13.7. The Hall–Kier alpha value is -1.62. The first-order valence-corrected chi connectivity index (χ1v) is 11.9. The summed E-state index contributed by atoms with van der Waals surface area (Å²) in [6.45, 7) is 1.02. The average molecular weight is 471 g/mol. The van der Waals surface area contributed by atoms with Crippen molar-refractivity contribution in [1.82, 2.24) is 19.5 Å². The fourth-order valence-corrected chi connectivity index (χ4v) is 4.11. The van der Waals surface area contributed by atoms with Gasteiger partial charge in [-0.15, -0.1) is 10.2 Å². The van der Waals surface area contributed by atoms with Gasteiger partial charge in [0, 0.05) is 12.3 Å². The van der Waals surface area contributed by atoms with Crippen LogP contribution in [-0.4, -0.2) is 41.7 Å². The van der Waals surface area contributed by atoms with Crippen LogP contribution in [0.4, 0.5) is 0 Å². The molecule has 144 valence electrons. The van der Waals surface area contributed by atoms with Crippen LogP contribution in [0.3, 0.4) is 0 Å². The summed E-state index contributed by atoms with van der Waals surface area (Å²) in [5, 5.41) is 9.37. The molecule has 7 nitrogen and oxygen atoms in total. The molecule has 3 rings (SSSR count). The van der Waals surface area contributed by atoms with Crippen LogP contribution in [-0.2, 0) is 16.6 Å². The molecule has 1 N–H and O–H groups in total. The van der Waals surface area contributed by atoms with Crippen LogP contribution < -0.4 is 4.72 Å². The van der Waals surface area contributed by atoms with Gasteiger partial charge in [0.1, 0.15) is 0 Å². The van der Waals surface area contributed by atoms with Crippen LogP contribution in [0.25, 0.3) is 11.6 Å². The molecule has 1 aromatic carbocycles. The van der Waals surface area contributed by atoms with Crippen LogP contribution >= 0.6 is 27.7 Å². The molecule has 0 saturated heterocycles. The lowest BCUT2D eigenvalue weighted by molar-refractivity contribution is 0.544. The number of furan rings is 1. The van der Waals surface area contributed by atoms with Crippen LogP contribution in [0.15, 0.2) is 56.7 Å². The van der Waals surface area contributed by atoms with Crippen molar-refractivity contribution in [2.24, 2.45) is 0 Å². The second-order valence-electron chi connectivity index (χ2n) is 5.85.